The van der Waals surface area contributed by atoms with Gasteiger partial charge in [0.25, 0.3) is 0 Å². The molecular formula is C17H10BrF3N2O. The number of hydrogen-bond acceptors (Lipinski definition) is 3. The average Bonchev–Trinajstić information content (AvgIpc) is 2.93. The molecule has 0 unspecified atom stereocenters. The summed E-state index contributed by atoms with van der Waals surface area (Å²) in [5, 5.41) is 7.67. The van der Waals surface area contributed by atoms with Crippen LogP contribution in [0.3, 0.4) is 0 Å². The van der Waals surface area contributed by atoms with Crippen molar-refractivity contribution in [2.75, 3.05) is 0 Å². The molecule has 1 aromatic heterocycles. The first kappa shape index (κ1) is 16.4. The fourth-order valence-electron chi connectivity index (χ4n) is 2.09. The van der Waals surface area contributed by atoms with Crippen LogP contribution in [-0.4, -0.2) is 10.2 Å². The first-order chi connectivity index (χ1) is 11.5. The number of rotatable bonds is 4. The Morgan fingerprint density at radius 3 is 2.46 bits per heavy atom. The Bertz CT molecular complexity index is 885. The van der Waals surface area contributed by atoms with Gasteiger partial charge in [-0.2, -0.15) is 0 Å². The standard InChI is InChI=1S/C17H10BrF3N2O/c18-11-3-1-2-10(6-11)7-17-23-22-16(24-17)5-4-13-14(20)8-12(19)9-15(13)21/h1-6,8-9H,7H2/b5-4+. The summed E-state index contributed by atoms with van der Waals surface area (Å²) in [4.78, 5) is 0. The third kappa shape index (κ3) is 3.91. The smallest absolute Gasteiger partial charge is 0.240 e. The van der Waals surface area contributed by atoms with E-state index in [-0.39, 0.29) is 11.5 Å². The van der Waals surface area contributed by atoms with E-state index in [4.69, 9.17) is 4.42 Å². The molecule has 3 aromatic rings. The van der Waals surface area contributed by atoms with Crippen molar-refractivity contribution in [3.05, 3.63) is 81.2 Å². The van der Waals surface area contributed by atoms with Crippen molar-refractivity contribution in [2.24, 2.45) is 0 Å². The summed E-state index contributed by atoms with van der Waals surface area (Å²) >= 11 is 3.37. The lowest BCUT2D eigenvalue weighted by molar-refractivity contribution is 0.496. The molecule has 0 atom stereocenters. The highest BCUT2D eigenvalue weighted by Crippen LogP contribution is 2.18. The molecule has 0 bridgehead atoms. The van der Waals surface area contributed by atoms with E-state index in [2.05, 4.69) is 26.1 Å². The van der Waals surface area contributed by atoms with Crippen LogP contribution in [-0.2, 0) is 6.42 Å². The maximum atomic E-state index is 13.5. The molecule has 1 heterocycles. The summed E-state index contributed by atoms with van der Waals surface area (Å²) in [6, 6.07) is 8.83. The van der Waals surface area contributed by atoms with Crippen molar-refractivity contribution in [1.29, 1.82) is 0 Å². The van der Waals surface area contributed by atoms with Gasteiger partial charge in [-0.3, -0.25) is 0 Å². The van der Waals surface area contributed by atoms with Gasteiger partial charge in [0.1, 0.15) is 17.5 Å². The Labute approximate surface area is 144 Å². The Kier molecular flexibility index (Phi) is 4.80. The molecule has 0 fully saturated rings. The van der Waals surface area contributed by atoms with Gasteiger partial charge in [0.05, 0.1) is 6.42 Å². The van der Waals surface area contributed by atoms with Crippen LogP contribution in [0.5, 0.6) is 0 Å². The molecule has 3 nitrogen and oxygen atoms in total. The number of benzene rings is 2. The fourth-order valence-corrected chi connectivity index (χ4v) is 2.54. The van der Waals surface area contributed by atoms with Crippen molar-refractivity contribution < 1.29 is 17.6 Å². The molecule has 0 saturated carbocycles. The fraction of sp³-hybridized carbons (Fsp3) is 0.0588. The third-order valence-corrected chi connectivity index (χ3v) is 3.66. The van der Waals surface area contributed by atoms with Crippen molar-refractivity contribution in [3.63, 3.8) is 0 Å². The van der Waals surface area contributed by atoms with Crippen molar-refractivity contribution in [1.82, 2.24) is 10.2 Å². The monoisotopic (exact) mass is 394 g/mol. The van der Waals surface area contributed by atoms with E-state index in [9.17, 15) is 13.2 Å². The topological polar surface area (TPSA) is 38.9 Å². The van der Waals surface area contributed by atoms with Crippen LogP contribution in [0.2, 0.25) is 0 Å². The summed E-state index contributed by atoms with van der Waals surface area (Å²) < 4.78 is 46.3. The minimum atomic E-state index is -1.00. The molecule has 0 aliphatic heterocycles. The summed E-state index contributed by atoms with van der Waals surface area (Å²) in [7, 11) is 0. The van der Waals surface area contributed by atoms with E-state index in [0.717, 1.165) is 16.1 Å². The molecular weight excluding hydrogens is 385 g/mol. The molecule has 2 aromatic carbocycles. The molecule has 0 saturated heterocycles. The minimum Gasteiger partial charge on any atom is -0.421 e. The lowest BCUT2D eigenvalue weighted by atomic mass is 10.1. The van der Waals surface area contributed by atoms with E-state index in [1.54, 1.807) is 0 Å². The zero-order valence-corrected chi connectivity index (χ0v) is 13.7. The van der Waals surface area contributed by atoms with Gasteiger partial charge in [0, 0.05) is 28.2 Å². The predicted molar refractivity (Wildman–Crippen MR) is 86.5 cm³/mol. The van der Waals surface area contributed by atoms with Crippen molar-refractivity contribution in [2.45, 2.75) is 6.42 Å². The van der Waals surface area contributed by atoms with Crippen LogP contribution in [0.4, 0.5) is 13.2 Å². The van der Waals surface area contributed by atoms with Crippen LogP contribution in [0.15, 0.2) is 45.3 Å². The molecule has 3 rings (SSSR count). The molecule has 0 amide bonds. The molecule has 0 spiro atoms. The van der Waals surface area contributed by atoms with Crippen LogP contribution in [0, 0.1) is 17.5 Å². The van der Waals surface area contributed by atoms with E-state index in [0.29, 0.717) is 24.4 Å². The molecule has 24 heavy (non-hydrogen) atoms. The van der Waals surface area contributed by atoms with E-state index in [1.165, 1.54) is 6.08 Å². The van der Waals surface area contributed by atoms with E-state index >= 15 is 0 Å². The maximum absolute atomic E-state index is 13.5. The molecule has 0 aliphatic rings. The van der Waals surface area contributed by atoms with E-state index < -0.39 is 17.5 Å². The van der Waals surface area contributed by atoms with Gasteiger partial charge in [-0.25, -0.2) is 13.2 Å². The third-order valence-electron chi connectivity index (χ3n) is 3.16. The largest absolute Gasteiger partial charge is 0.421 e. The Hall–Kier alpha value is -2.41. The lowest BCUT2D eigenvalue weighted by Crippen LogP contribution is -1.90. The Morgan fingerprint density at radius 2 is 1.75 bits per heavy atom. The molecule has 122 valence electrons. The van der Waals surface area contributed by atoms with Crippen LogP contribution >= 0.6 is 15.9 Å². The second kappa shape index (κ2) is 7.00. The van der Waals surface area contributed by atoms with Crippen molar-refractivity contribution in [3.8, 4) is 0 Å². The summed E-state index contributed by atoms with van der Waals surface area (Å²) in [6.45, 7) is 0. The van der Waals surface area contributed by atoms with Gasteiger partial charge < -0.3 is 4.42 Å². The van der Waals surface area contributed by atoms with Gasteiger partial charge in [-0.05, 0) is 23.8 Å². The normalized spacial score (nSPS) is 11.3. The molecule has 0 N–H and O–H groups in total. The zero-order chi connectivity index (χ0) is 17.1. The molecule has 0 radical (unpaired) electrons. The predicted octanol–water partition coefficient (Wildman–Crippen LogP) is 5.01. The highest BCUT2D eigenvalue weighted by atomic mass is 79.9. The maximum Gasteiger partial charge on any atom is 0.240 e. The minimum absolute atomic E-state index is 0.100. The number of halogens is 4. The number of aromatic nitrogens is 2. The second-order valence-electron chi connectivity index (χ2n) is 4.96. The summed E-state index contributed by atoms with van der Waals surface area (Å²) in [5.74, 6) is -2.51. The summed E-state index contributed by atoms with van der Waals surface area (Å²) in [5.41, 5.74) is 0.599. The first-order valence-electron chi connectivity index (χ1n) is 6.91. The van der Waals surface area contributed by atoms with Gasteiger partial charge in [-0.15, -0.1) is 10.2 Å². The zero-order valence-electron chi connectivity index (χ0n) is 12.1. The second-order valence-corrected chi connectivity index (χ2v) is 5.87. The van der Waals surface area contributed by atoms with Gasteiger partial charge in [-0.1, -0.05) is 28.1 Å². The van der Waals surface area contributed by atoms with Gasteiger partial charge in [0.2, 0.25) is 11.8 Å². The quantitative estimate of drug-likeness (QED) is 0.624. The summed E-state index contributed by atoms with van der Waals surface area (Å²) in [6.07, 6.45) is 2.83. The highest BCUT2D eigenvalue weighted by molar-refractivity contribution is 9.10. The SMILES string of the molecule is Fc1cc(F)c(/C=C/c2nnc(Cc3cccc(Br)c3)o2)c(F)c1. The van der Waals surface area contributed by atoms with Crippen LogP contribution in [0.1, 0.15) is 22.9 Å². The van der Waals surface area contributed by atoms with Gasteiger partial charge >= 0.3 is 0 Å². The van der Waals surface area contributed by atoms with E-state index in [1.807, 2.05) is 24.3 Å². The Balaban J connectivity index is 1.77. The first-order valence-corrected chi connectivity index (χ1v) is 7.70. The Morgan fingerprint density at radius 1 is 1.00 bits per heavy atom. The number of nitrogens with zero attached hydrogens (tertiary/aromatic N) is 2. The van der Waals surface area contributed by atoms with Crippen LogP contribution < -0.4 is 0 Å². The number of hydrogen-bond donors (Lipinski definition) is 0. The van der Waals surface area contributed by atoms with Crippen LogP contribution in [0.25, 0.3) is 12.2 Å². The van der Waals surface area contributed by atoms with Gasteiger partial charge in [0.15, 0.2) is 0 Å². The lowest BCUT2D eigenvalue weighted by Gasteiger charge is -1.99. The molecule has 7 heteroatoms. The average molecular weight is 395 g/mol. The highest BCUT2D eigenvalue weighted by Gasteiger charge is 2.10. The molecule has 0 aliphatic carbocycles. The van der Waals surface area contributed by atoms with Crippen molar-refractivity contribution >= 4 is 28.1 Å².